The predicted octanol–water partition coefficient (Wildman–Crippen LogP) is 2.72. The highest BCUT2D eigenvalue weighted by Gasteiger charge is 2.22. The van der Waals surface area contributed by atoms with Crippen LogP contribution in [0.1, 0.15) is 37.1 Å². The van der Waals surface area contributed by atoms with Crippen LogP contribution in [0.3, 0.4) is 0 Å². The normalized spacial score (nSPS) is 14.8. The maximum atomic E-state index is 12.4. The quantitative estimate of drug-likeness (QED) is 0.433. The molecule has 1 saturated carbocycles. The lowest BCUT2D eigenvalue weighted by Crippen LogP contribution is -2.36. The highest BCUT2D eigenvalue weighted by atomic mass is 16.1. The summed E-state index contributed by atoms with van der Waals surface area (Å²) in [5.74, 6) is 1.77. The minimum absolute atomic E-state index is 0.135. The number of rotatable bonds is 6. The van der Waals surface area contributed by atoms with Gasteiger partial charge in [0.25, 0.3) is 0 Å². The van der Waals surface area contributed by atoms with Gasteiger partial charge in [-0.1, -0.05) is 31.0 Å². The molecule has 156 valence electrons. The first-order valence-corrected chi connectivity index (χ1v) is 10.4. The monoisotopic (exact) mass is 405 g/mol. The molecule has 30 heavy (non-hydrogen) atoms. The smallest absolute Gasteiger partial charge is 0.227 e. The number of pyridine rings is 1. The summed E-state index contributed by atoms with van der Waals surface area (Å²) in [6, 6.07) is 13.7. The van der Waals surface area contributed by atoms with E-state index < -0.39 is 0 Å². The van der Waals surface area contributed by atoms with Crippen LogP contribution in [0.15, 0.2) is 53.7 Å². The van der Waals surface area contributed by atoms with Gasteiger partial charge in [0.2, 0.25) is 5.91 Å². The van der Waals surface area contributed by atoms with Crippen LogP contribution in [0.25, 0.3) is 5.65 Å². The summed E-state index contributed by atoms with van der Waals surface area (Å²) < 4.78 is 1.94. The van der Waals surface area contributed by atoms with Crippen molar-refractivity contribution in [2.45, 2.75) is 38.8 Å². The second kappa shape index (κ2) is 9.39. The van der Waals surface area contributed by atoms with Crippen LogP contribution < -0.4 is 16.0 Å². The maximum absolute atomic E-state index is 12.4. The van der Waals surface area contributed by atoms with Crippen LogP contribution in [-0.4, -0.2) is 33.5 Å². The van der Waals surface area contributed by atoms with E-state index in [1.54, 1.807) is 7.05 Å². The third kappa shape index (κ3) is 4.76. The molecule has 0 aliphatic heterocycles. The first-order chi connectivity index (χ1) is 14.7. The molecule has 0 saturated heterocycles. The molecular formula is C22H27N7O. The molecule has 8 nitrogen and oxygen atoms in total. The average Bonchev–Trinajstić information content (AvgIpc) is 3.45. The van der Waals surface area contributed by atoms with Crippen molar-refractivity contribution in [1.29, 1.82) is 0 Å². The van der Waals surface area contributed by atoms with Crippen molar-refractivity contribution in [3.8, 4) is 0 Å². The molecule has 1 aliphatic rings. The molecule has 2 aromatic heterocycles. The molecular weight excluding hydrogens is 378 g/mol. The van der Waals surface area contributed by atoms with Crippen molar-refractivity contribution in [3.63, 3.8) is 0 Å². The van der Waals surface area contributed by atoms with Gasteiger partial charge in [-0.05, 0) is 42.7 Å². The number of benzene rings is 1. The molecule has 1 aliphatic carbocycles. The first-order valence-electron chi connectivity index (χ1n) is 10.4. The number of aromatic nitrogens is 3. The number of hydrogen-bond acceptors (Lipinski definition) is 4. The lowest BCUT2D eigenvalue weighted by Gasteiger charge is -2.13. The molecule has 1 amide bonds. The third-order valence-corrected chi connectivity index (χ3v) is 5.40. The summed E-state index contributed by atoms with van der Waals surface area (Å²) in [7, 11) is 1.73. The summed E-state index contributed by atoms with van der Waals surface area (Å²) >= 11 is 0. The van der Waals surface area contributed by atoms with E-state index in [4.69, 9.17) is 0 Å². The molecule has 0 atom stereocenters. The second-order valence-electron chi connectivity index (χ2n) is 7.50. The predicted molar refractivity (Wildman–Crippen MR) is 117 cm³/mol. The molecule has 2 heterocycles. The van der Waals surface area contributed by atoms with Crippen LogP contribution in [0.2, 0.25) is 0 Å². The lowest BCUT2D eigenvalue weighted by atomic mass is 10.1. The number of anilines is 1. The minimum Gasteiger partial charge on any atom is -0.352 e. The van der Waals surface area contributed by atoms with E-state index in [2.05, 4.69) is 31.1 Å². The maximum Gasteiger partial charge on any atom is 0.227 e. The van der Waals surface area contributed by atoms with Crippen LogP contribution >= 0.6 is 0 Å². The molecule has 1 fully saturated rings. The third-order valence-electron chi connectivity index (χ3n) is 5.40. The van der Waals surface area contributed by atoms with Crippen molar-refractivity contribution < 1.29 is 4.79 Å². The number of hydrogen-bond donors (Lipinski definition) is 3. The standard InChI is InChI=1S/C22H27N7O/c1-23-22(25-15-20-28-27-19-11-4-5-12-29(19)20)24-14-16-7-6-10-18(13-16)26-21(30)17-8-2-3-9-17/h4-7,10-13,17H,2-3,8-9,14-15H2,1H3,(H,26,30)(H2,23,24,25). The Labute approximate surface area is 175 Å². The summed E-state index contributed by atoms with van der Waals surface area (Å²) in [6.07, 6.45) is 6.23. The number of amides is 1. The molecule has 0 radical (unpaired) electrons. The van der Waals surface area contributed by atoms with Gasteiger partial charge in [0.1, 0.15) is 0 Å². The number of aliphatic imine (C=N–C) groups is 1. The van der Waals surface area contributed by atoms with Crippen molar-refractivity contribution in [2.75, 3.05) is 12.4 Å². The largest absolute Gasteiger partial charge is 0.352 e. The van der Waals surface area contributed by atoms with Gasteiger partial charge in [0.05, 0.1) is 6.54 Å². The van der Waals surface area contributed by atoms with Gasteiger partial charge in [-0.2, -0.15) is 0 Å². The Morgan fingerprint density at radius 3 is 2.77 bits per heavy atom. The van der Waals surface area contributed by atoms with Gasteiger partial charge < -0.3 is 16.0 Å². The summed E-state index contributed by atoms with van der Waals surface area (Å²) in [5.41, 5.74) is 2.72. The Bertz CT molecular complexity index is 1040. The van der Waals surface area contributed by atoms with E-state index in [-0.39, 0.29) is 11.8 Å². The zero-order chi connectivity index (χ0) is 20.8. The van der Waals surface area contributed by atoms with E-state index in [0.29, 0.717) is 19.0 Å². The van der Waals surface area contributed by atoms with Gasteiger partial charge in [-0.15, -0.1) is 10.2 Å². The van der Waals surface area contributed by atoms with Crippen LogP contribution in [-0.2, 0) is 17.9 Å². The number of fused-ring (bicyclic) bond motifs is 1. The fourth-order valence-corrected chi connectivity index (χ4v) is 3.77. The van der Waals surface area contributed by atoms with E-state index in [1.165, 1.54) is 0 Å². The molecule has 4 rings (SSSR count). The zero-order valence-electron chi connectivity index (χ0n) is 17.1. The molecule has 0 spiro atoms. The summed E-state index contributed by atoms with van der Waals surface area (Å²) in [6.45, 7) is 1.09. The Hall–Kier alpha value is -3.42. The van der Waals surface area contributed by atoms with Gasteiger partial charge in [-0.25, -0.2) is 0 Å². The number of carbonyl (C=O) groups excluding carboxylic acids is 1. The van der Waals surface area contributed by atoms with E-state index in [0.717, 1.165) is 48.4 Å². The number of nitrogens with zero attached hydrogens (tertiary/aromatic N) is 4. The number of guanidine groups is 1. The molecule has 1 aromatic carbocycles. The topological polar surface area (TPSA) is 95.7 Å². The van der Waals surface area contributed by atoms with E-state index >= 15 is 0 Å². The molecule has 8 heteroatoms. The SMILES string of the molecule is CN=C(NCc1cccc(NC(=O)C2CCCC2)c1)NCc1nnc2ccccn12. The van der Waals surface area contributed by atoms with E-state index in [1.807, 2.05) is 53.1 Å². The highest BCUT2D eigenvalue weighted by molar-refractivity contribution is 5.92. The second-order valence-corrected chi connectivity index (χ2v) is 7.50. The Morgan fingerprint density at radius 2 is 1.93 bits per heavy atom. The molecule has 0 unspecified atom stereocenters. The Balaban J connectivity index is 1.31. The minimum atomic E-state index is 0.135. The summed E-state index contributed by atoms with van der Waals surface area (Å²) in [5, 5.41) is 18.0. The van der Waals surface area contributed by atoms with E-state index in [9.17, 15) is 4.79 Å². The number of nitrogens with one attached hydrogen (secondary N) is 3. The fourth-order valence-electron chi connectivity index (χ4n) is 3.77. The van der Waals surface area contributed by atoms with Crippen molar-refractivity contribution in [1.82, 2.24) is 25.2 Å². The lowest BCUT2D eigenvalue weighted by molar-refractivity contribution is -0.119. The van der Waals surface area contributed by atoms with Crippen molar-refractivity contribution in [2.24, 2.45) is 10.9 Å². The Kier molecular flexibility index (Phi) is 6.22. The summed E-state index contributed by atoms with van der Waals surface area (Å²) in [4.78, 5) is 16.6. The van der Waals surface area contributed by atoms with Gasteiger partial charge in [-0.3, -0.25) is 14.2 Å². The van der Waals surface area contributed by atoms with Gasteiger partial charge >= 0.3 is 0 Å². The van der Waals surface area contributed by atoms with Gasteiger partial charge in [0, 0.05) is 31.4 Å². The highest BCUT2D eigenvalue weighted by Crippen LogP contribution is 2.26. The molecule has 0 bridgehead atoms. The Morgan fingerprint density at radius 1 is 1.10 bits per heavy atom. The average molecular weight is 406 g/mol. The zero-order valence-corrected chi connectivity index (χ0v) is 17.1. The van der Waals surface area contributed by atoms with Crippen LogP contribution in [0, 0.1) is 5.92 Å². The fraction of sp³-hybridized carbons (Fsp3) is 0.364. The first kappa shape index (κ1) is 19.9. The van der Waals surface area contributed by atoms with Crippen molar-refractivity contribution in [3.05, 3.63) is 60.0 Å². The van der Waals surface area contributed by atoms with Crippen LogP contribution in [0.4, 0.5) is 5.69 Å². The molecule has 3 aromatic rings. The number of carbonyl (C=O) groups is 1. The van der Waals surface area contributed by atoms with Gasteiger partial charge in [0.15, 0.2) is 17.4 Å². The van der Waals surface area contributed by atoms with Crippen LogP contribution in [0.5, 0.6) is 0 Å². The molecule has 3 N–H and O–H groups in total. The van der Waals surface area contributed by atoms with Crippen molar-refractivity contribution >= 4 is 23.2 Å².